The average molecular weight is 298 g/mol. The lowest BCUT2D eigenvalue weighted by Crippen LogP contribution is -2.30. The van der Waals surface area contributed by atoms with E-state index in [-0.39, 0.29) is 5.41 Å². The van der Waals surface area contributed by atoms with Crippen LogP contribution in [0.25, 0.3) is 0 Å². The van der Waals surface area contributed by atoms with Gasteiger partial charge in [-0.15, -0.1) is 0 Å². The highest BCUT2D eigenvalue weighted by molar-refractivity contribution is 5.75. The van der Waals surface area contributed by atoms with Gasteiger partial charge in [0.1, 0.15) is 11.5 Å². The zero-order chi connectivity index (χ0) is 16.1. The molecule has 1 heterocycles. The molecule has 8 N–H and O–H groups in total. The van der Waals surface area contributed by atoms with Crippen LogP contribution in [0.1, 0.15) is 37.8 Å². The zero-order valence-corrected chi connectivity index (χ0v) is 12.9. The summed E-state index contributed by atoms with van der Waals surface area (Å²) in [6.45, 7) is 4.31. The predicted octanol–water partition coefficient (Wildman–Crippen LogP) is 3.23. The number of ether oxygens (including phenoxy) is 1. The Morgan fingerprint density at radius 2 is 1.09 bits per heavy atom. The van der Waals surface area contributed by atoms with Gasteiger partial charge in [0, 0.05) is 28.7 Å². The number of hydrogen-bond donors (Lipinski definition) is 4. The lowest BCUT2D eigenvalue weighted by atomic mass is 9.68. The molecule has 2 aromatic rings. The van der Waals surface area contributed by atoms with E-state index in [1.54, 1.807) is 12.1 Å². The van der Waals surface area contributed by atoms with Gasteiger partial charge in [0.15, 0.2) is 0 Å². The Morgan fingerprint density at radius 3 is 1.45 bits per heavy atom. The maximum atomic E-state index is 6.04. The first-order valence-corrected chi connectivity index (χ1v) is 7.49. The third-order valence-corrected chi connectivity index (χ3v) is 4.83. The van der Waals surface area contributed by atoms with Gasteiger partial charge in [-0.3, -0.25) is 0 Å². The maximum Gasteiger partial charge on any atom is 0.133 e. The number of fused-ring (bicyclic) bond motifs is 2. The van der Waals surface area contributed by atoms with E-state index in [9.17, 15) is 0 Å². The van der Waals surface area contributed by atoms with Crippen molar-refractivity contribution in [3.05, 3.63) is 35.4 Å². The van der Waals surface area contributed by atoms with E-state index in [0.717, 1.165) is 35.5 Å². The molecule has 0 spiro atoms. The Hall–Kier alpha value is -2.56. The number of hydrogen-bond acceptors (Lipinski definition) is 5. The standard InChI is InChI=1S/C17H22N4O/c1-3-17(4-2)9-5-11(18)13(20)7-15(9)22-16-8-14(21)12(19)6-10(16)17/h5-8H,3-4,18-21H2,1-2H3. The summed E-state index contributed by atoms with van der Waals surface area (Å²) in [6.07, 6.45) is 1.80. The normalized spacial score (nSPS) is 14.8. The summed E-state index contributed by atoms with van der Waals surface area (Å²) in [5, 5.41) is 0. The summed E-state index contributed by atoms with van der Waals surface area (Å²) >= 11 is 0. The molecule has 0 unspecified atom stereocenters. The first kappa shape index (κ1) is 14.4. The van der Waals surface area contributed by atoms with Crippen molar-refractivity contribution in [1.82, 2.24) is 0 Å². The van der Waals surface area contributed by atoms with E-state index in [4.69, 9.17) is 27.7 Å². The van der Waals surface area contributed by atoms with Crippen LogP contribution in [0, 0.1) is 0 Å². The lowest BCUT2D eigenvalue weighted by Gasteiger charge is -2.40. The van der Waals surface area contributed by atoms with Crippen molar-refractivity contribution < 1.29 is 4.74 Å². The van der Waals surface area contributed by atoms with Crippen LogP contribution in [0.3, 0.4) is 0 Å². The number of anilines is 4. The highest BCUT2D eigenvalue weighted by Crippen LogP contribution is 2.54. The van der Waals surface area contributed by atoms with E-state index in [0.29, 0.717) is 22.7 Å². The van der Waals surface area contributed by atoms with Gasteiger partial charge < -0.3 is 27.7 Å². The van der Waals surface area contributed by atoms with Crippen LogP contribution in [0.15, 0.2) is 24.3 Å². The molecular formula is C17H22N4O. The minimum atomic E-state index is -0.202. The van der Waals surface area contributed by atoms with Crippen molar-refractivity contribution in [2.24, 2.45) is 0 Å². The number of benzene rings is 2. The molecule has 5 heteroatoms. The zero-order valence-electron chi connectivity index (χ0n) is 12.9. The Bertz CT molecular complexity index is 691. The van der Waals surface area contributed by atoms with Gasteiger partial charge >= 0.3 is 0 Å². The summed E-state index contributed by atoms with van der Waals surface area (Å²) in [5.41, 5.74) is 28.0. The van der Waals surface area contributed by atoms with Crippen molar-refractivity contribution in [2.75, 3.05) is 22.9 Å². The topological polar surface area (TPSA) is 113 Å². The monoisotopic (exact) mass is 298 g/mol. The van der Waals surface area contributed by atoms with Gasteiger partial charge in [0.05, 0.1) is 22.7 Å². The SMILES string of the molecule is CCC1(CC)c2cc(N)c(N)cc2Oc2cc(N)c(N)cc21. The Morgan fingerprint density at radius 1 is 0.727 bits per heavy atom. The average Bonchev–Trinajstić information content (AvgIpc) is 2.49. The molecule has 3 rings (SSSR count). The van der Waals surface area contributed by atoms with E-state index in [1.807, 2.05) is 12.1 Å². The van der Waals surface area contributed by atoms with Gasteiger partial charge in [0.25, 0.3) is 0 Å². The first-order valence-electron chi connectivity index (χ1n) is 7.49. The summed E-state index contributed by atoms with van der Waals surface area (Å²) in [4.78, 5) is 0. The van der Waals surface area contributed by atoms with Crippen LogP contribution in [0.4, 0.5) is 22.7 Å². The largest absolute Gasteiger partial charge is 0.457 e. The molecule has 22 heavy (non-hydrogen) atoms. The Kier molecular flexibility index (Phi) is 3.09. The molecule has 0 aliphatic carbocycles. The van der Waals surface area contributed by atoms with Crippen LogP contribution < -0.4 is 27.7 Å². The van der Waals surface area contributed by atoms with Crippen LogP contribution in [0.5, 0.6) is 11.5 Å². The van der Waals surface area contributed by atoms with Crippen molar-refractivity contribution >= 4 is 22.7 Å². The van der Waals surface area contributed by atoms with E-state index >= 15 is 0 Å². The molecule has 0 radical (unpaired) electrons. The van der Waals surface area contributed by atoms with Gasteiger partial charge in [-0.25, -0.2) is 0 Å². The van der Waals surface area contributed by atoms with E-state index < -0.39 is 0 Å². The second kappa shape index (κ2) is 4.73. The first-order chi connectivity index (χ1) is 10.4. The van der Waals surface area contributed by atoms with Gasteiger partial charge in [-0.05, 0) is 25.0 Å². The number of nitrogen functional groups attached to an aromatic ring is 4. The molecule has 2 aromatic carbocycles. The fraction of sp³-hybridized carbons (Fsp3) is 0.294. The molecule has 0 fully saturated rings. The van der Waals surface area contributed by atoms with Crippen molar-refractivity contribution in [1.29, 1.82) is 0 Å². The fourth-order valence-electron chi connectivity index (χ4n) is 3.42. The second-order valence-electron chi connectivity index (χ2n) is 5.85. The highest BCUT2D eigenvalue weighted by atomic mass is 16.5. The maximum absolute atomic E-state index is 6.04. The van der Waals surface area contributed by atoms with Crippen molar-refractivity contribution in [3.8, 4) is 11.5 Å². The molecule has 1 aliphatic rings. The number of nitrogens with two attached hydrogens (primary N) is 4. The minimum Gasteiger partial charge on any atom is -0.457 e. The van der Waals surface area contributed by atoms with Crippen molar-refractivity contribution in [3.63, 3.8) is 0 Å². The molecule has 0 amide bonds. The molecule has 0 atom stereocenters. The van der Waals surface area contributed by atoms with Crippen LogP contribution in [-0.2, 0) is 5.41 Å². The third kappa shape index (κ3) is 1.78. The molecule has 1 aliphatic heterocycles. The molecule has 116 valence electrons. The fourth-order valence-corrected chi connectivity index (χ4v) is 3.42. The summed E-state index contributed by atoms with van der Waals surface area (Å²) in [5.74, 6) is 1.49. The molecule has 0 saturated heterocycles. The second-order valence-corrected chi connectivity index (χ2v) is 5.85. The lowest BCUT2D eigenvalue weighted by molar-refractivity contribution is 0.375. The van der Waals surface area contributed by atoms with Gasteiger partial charge in [0.2, 0.25) is 0 Å². The van der Waals surface area contributed by atoms with E-state index in [2.05, 4.69) is 13.8 Å². The highest BCUT2D eigenvalue weighted by Gasteiger charge is 2.40. The number of rotatable bonds is 2. The summed E-state index contributed by atoms with van der Waals surface area (Å²) in [6, 6.07) is 7.43. The molecule has 0 bridgehead atoms. The van der Waals surface area contributed by atoms with Gasteiger partial charge in [-0.1, -0.05) is 13.8 Å². The summed E-state index contributed by atoms with van der Waals surface area (Å²) in [7, 11) is 0. The van der Waals surface area contributed by atoms with E-state index in [1.165, 1.54) is 0 Å². The predicted molar refractivity (Wildman–Crippen MR) is 92.0 cm³/mol. The Labute approximate surface area is 130 Å². The molecular weight excluding hydrogens is 276 g/mol. The van der Waals surface area contributed by atoms with Crippen LogP contribution >= 0.6 is 0 Å². The van der Waals surface area contributed by atoms with Crippen LogP contribution in [0.2, 0.25) is 0 Å². The molecule has 5 nitrogen and oxygen atoms in total. The molecule has 0 saturated carbocycles. The molecule has 0 aromatic heterocycles. The minimum absolute atomic E-state index is 0.202. The Balaban J connectivity index is 2.34. The summed E-state index contributed by atoms with van der Waals surface area (Å²) < 4.78 is 6.04. The quantitative estimate of drug-likeness (QED) is 0.636. The van der Waals surface area contributed by atoms with Crippen molar-refractivity contribution in [2.45, 2.75) is 32.1 Å². The third-order valence-electron chi connectivity index (χ3n) is 4.83. The smallest absolute Gasteiger partial charge is 0.133 e. The van der Waals surface area contributed by atoms with Crippen LogP contribution in [-0.4, -0.2) is 0 Å². The van der Waals surface area contributed by atoms with Gasteiger partial charge in [-0.2, -0.15) is 0 Å².